The maximum Gasteiger partial charge on any atom is 0.306 e. The highest BCUT2D eigenvalue weighted by Crippen LogP contribution is 2.68. The van der Waals surface area contributed by atoms with E-state index in [1.165, 1.54) is 49.7 Å². The number of aliphatic carboxylic acids is 1. The van der Waals surface area contributed by atoms with E-state index in [1.54, 1.807) is 5.57 Å². The SMILES string of the molecule is CC(C)C1=C2C3CCC4C(CCC5C(C)C(CC(=O)C6CC(C(=O)O)C6C)CCC54C)C3CCC2(CCNCc2cccc(Cl)c2)CC1=O. The van der Waals surface area contributed by atoms with Crippen molar-refractivity contribution in [3.63, 3.8) is 0 Å². The van der Waals surface area contributed by atoms with Crippen LogP contribution in [0, 0.1) is 75.9 Å². The molecule has 5 nitrogen and oxygen atoms in total. The van der Waals surface area contributed by atoms with E-state index in [4.69, 9.17) is 11.6 Å². The van der Waals surface area contributed by atoms with E-state index in [2.05, 4.69) is 39.1 Å². The Labute approximate surface area is 299 Å². The van der Waals surface area contributed by atoms with Gasteiger partial charge in [-0.15, -0.1) is 0 Å². The van der Waals surface area contributed by atoms with Gasteiger partial charge in [-0.2, -0.15) is 0 Å². The summed E-state index contributed by atoms with van der Waals surface area (Å²) in [6, 6.07) is 8.09. The van der Waals surface area contributed by atoms with Gasteiger partial charge in [0.15, 0.2) is 5.78 Å². The van der Waals surface area contributed by atoms with Gasteiger partial charge in [-0.1, -0.05) is 63.9 Å². The number of rotatable bonds is 10. The number of fused-ring (bicyclic) bond motifs is 7. The second-order valence-corrected chi connectivity index (χ2v) is 18.7. The number of carboxylic acids is 1. The fraction of sp³-hybridized carbons (Fsp3) is 0.744. The number of carboxylic acid groups (broad SMARTS) is 1. The monoisotopic (exact) mass is 689 g/mol. The zero-order valence-corrected chi connectivity index (χ0v) is 31.4. The number of Topliss-reactive ketones (excluding diaryl/α,β-unsaturated/α-hetero) is 2. The predicted octanol–water partition coefficient (Wildman–Crippen LogP) is 9.56. The average Bonchev–Trinajstić information content (AvgIpc) is 3.36. The van der Waals surface area contributed by atoms with E-state index in [0.29, 0.717) is 65.8 Å². The molecule has 6 aliphatic carbocycles. The van der Waals surface area contributed by atoms with Crippen LogP contribution in [0.1, 0.15) is 117 Å². The topological polar surface area (TPSA) is 83.5 Å². The van der Waals surface area contributed by atoms with E-state index in [1.807, 2.05) is 25.1 Å². The van der Waals surface area contributed by atoms with Crippen molar-refractivity contribution >= 4 is 29.1 Å². The van der Waals surface area contributed by atoms with Crippen molar-refractivity contribution in [3.05, 3.63) is 46.0 Å². The molecule has 0 bridgehead atoms. The van der Waals surface area contributed by atoms with Gasteiger partial charge < -0.3 is 10.4 Å². The van der Waals surface area contributed by atoms with Crippen LogP contribution >= 0.6 is 11.6 Å². The van der Waals surface area contributed by atoms with E-state index in [-0.39, 0.29) is 29.1 Å². The van der Waals surface area contributed by atoms with Crippen molar-refractivity contribution in [1.29, 1.82) is 0 Å². The predicted molar refractivity (Wildman–Crippen MR) is 195 cm³/mol. The molecule has 268 valence electrons. The quantitative estimate of drug-likeness (QED) is 0.239. The Bertz CT molecular complexity index is 1500. The van der Waals surface area contributed by atoms with Crippen molar-refractivity contribution in [1.82, 2.24) is 5.32 Å². The normalized spacial score (nSPS) is 41.4. The summed E-state index contributed by atoms with van der Waals surface area (Å²) in [5.74, 6) is 4.21. The number of halogens is 1. The first kappa shape index (κ1) is 35.4. The van der Waals surface area contributed by atoms with Gasteiger partial charge in [0.25, 0.3) is 0 Å². The lowest BCUT2D eigenvalue weighted by molar-refractivity contribution is -0.154. The van der Waals surface area contributed by atoms with Crippen molar-refractivity contribution in [3.8, 4) is 0 Å². The molecule has 0 aliphatic heterocycles. The molecule has 5 saturated carbocycles. The van der Waals surface area contributed by atoms with Gasteiger partial charge in [-0.05, 0) is 153 Å². The van der Waals surface area contributed by atoms with Crippen molar-refractivity contribution < 1.29 is 19.5 Å². The first-order valence-electron chi connectivity index (χ1n) is 19.8. The van der Waals surface area contributed by atoms with Gasteiger partial charge in [0.2, 0.25) is 0 Å². The third-order valence-electron chi connectivity index (χ3n) is 15.8. The van der Waals surface area contributed by atoms with Crippen LogP contribution in [0.4, 0.5) is 0 Å². The van der Waals surface area contributed by atoms with E-state index >= 15 is 0 Å². The van der Waals surface area contributed by atoms with Crippen LogP contribution in [0.15, 0.2) is 35.4 Å². The molecule has 6 aliphatic rings. The van der Waals surface area contributed by atoms with E-state index < -0.39 is 5.97 Å². The Morgan fingerprint density at radius 1 is 0.980 bits per heavy atom. The number of hydrogen-bond acceptors (Lipinski definition) is 4. The third-order valence-corrected chi connectivity index (χ3v) is 16.1. The first-order chi connectivity index (χ1) is 23.3. The van der Waals surface area contributed by atoms with Gasteiger partial charge in [0.1, 0.15) is 5.78 Å². The molecule has 0 radical (unpaired) electrons. The Morgan fingerprint density at radius 3 is 2.47 bits per heavy atom. The molecule has 12 unspecified atom stereocenters. The third kappa shape index (κ3) is 6.09. The maximum atomic E-state index is 13.8. The van der Waals surface area contributed by atoms with Crippen LogP contribution in [-0.4, -0.2) is 29.2 Å². The molecule has 7 rings (SSSR count). The number of carbonyl (C=O) groups is 3. The van der Waals surface area contributed by atoms with Crippen LogP contribution in [0.5, 0.6) is 0 Å². The zero-order valence-electron chi connectivity index (χ0n) is 30.6. The number of nitrogens with one attached hydrogen (secondary N) is 1. The summed E-state index contributed by atoms with van der Waals surface area (Å²) in [7, 11) is 0. The summed E-state index contributed by atoms with van der Waals surface area (Å²) in [5, 5.41) is 13.9. The smallest absolute Gasteiger partial charge is 0.306 e. The van der Waals surface area contributed by atoms with Crippen LogP contribution < -0.4 is 5.32 Å². The number of hydrogen-bond donors (Lipinski definition) is 2. The van der Waals surface area contributed by atoms with Gasteiger partial charge in [-0.25, -0.2) is 0 Å². The fourth-order valence-corrected chi connectivity index (χ4v) is 13.5. The lowest BCUT2D eigenvalue weighted by Crippen LogP contribution is -2.55. The van der Waals surface area contributed by atoms with E-state index in [0.717, 1.165) is 49.2 Å². The van der Waals surface area contributed by atoms with Gasteiger partial charge >= 0.3 is 5.97 Å². The van der Waals surface area contributed by atoms with Gasteiger partial charge in [0, 0.05) is 35.7 Å². The van der Waals surface area contributed by atoms with Crippen LogP contribution in [0.2, 0.25) is 5.02 Å². The maximum absolute atomic E-state index is 13.8. The average molecular weight is 690 g/mol. The largest absolute Gasteiger partial charge is 0.481 e. The molecule has 1 aromatic carbocycles. The highest BCUT2D eigenvalue weighted by Gasteiger charge is 2.61. The number of benzene rings is 1. The summed E-state index contributed by atoms with van der Waals surface area (Å²) in [6.45, 7) is 13.2. The summed E-state index contributed by atoms with van der Waals surface area (Å²) in [6.07, 6.45) is 12.7. The van der Waals surface area contributed by atoms with Crippen LogP contribution in [-0.2, 0) is 20.9 Å². The molecule has 0 saturated heterocycles. The molecule has 0 amide bonds. The van der Waals surface area contributed by atoms with Crippen molar-refractivity contribution in [2.75, 3.05) is 6.54 Å². The van der Waals surface area contributed by atoms with Crippen molar-refractivity contribution in [2.24, 2.45) is 75.9 Å². The zero-order chi connectivity index (χ0) is 34.8. The highest BCUT2D eigenvalue weighted by atomic mass is 35.5. The van der Waals surface area contributed by atoms with E-state index in [9.17, 15) is 19.5 Å². The number of carbonyl (C=O) groups excluding carboxylic acids is 2. The molecule has 12 atom stereocenters. The van der Waals surface area contributed by atoms with Crippen LogP contribution in [0.3, 0.4) is 0 Å². The lowest BCUT2D eigenvalue weighted by Gasteiger charge is -2.63. The van der Waals surface area contributed by atoms with Gasteiger partial charge in [0.05, 0.1) is 5.92 Å². The second kappa shape index (κ2) is 13.5. The highest BCUT2D eigenvalue weighted by molar-refractivity contribution is 6.30. The summed E-state index contributed by atoms with van der Waals surface area (Å²) >= 11 is 6.24. The Balaban J connectivity index is 1.04. The molecule has 49 heavy (non-hydrogen) atoms. The summed E-state index contributed by atoms with van der Waals surface area (Å²) in [5.41, 5.74) is 4.33. The minimum absolute atomic E-state index is 0.0225. The molecule has 0 aromatic heterocycles. The first-order valence-corrected chi connectivity index (χ1v) is 20.2. The standard InChI is InChI=1S/C43H60ClNO4/c1-24(2)39-38(47)22-43(17-18-45-23-27-7-6-8-29(44)19-27)16-14-30-31-9-11-35-25(3)28(20-37(46)33-21-34(26(33)4)41(48)49)13-15-42(35,5)36(31)12-10-32(30)40(39)43/h6-8,19,24-26,28,30-36,45H,9-18,20-23H2,1-5H3,(H,48,49). The molecule has 1 aromatic rings. The molecular formula is C43H60ClNO4. The fourth-order valence-electron chi connectivity index (χ4n) is 13.3. The Morgan fingerprint density at radius 2 is 1.76 bits per heavy atom. The number of allylic oxidation sites excluding steroid dienone is 2. The minimum atomic E-state index is -0.744. The van der Waals surface area contributed by atoms with Crippen molar-refractivity contribution in [2.45, 2.75) is 118 Å². The molecular weight excluding hydrogens is 630 g/mol. The molecule has 6 heteroatoms. The Kier molecular flexibility index (Phi) is 9.78. The van der Waals surface area contributed by atoms with Gasteiger partial charge in [-0.3, -0.25) is 14.4 Å². The summed E-state index contributed by atoms with van der Waals surface area (Å²) in [4.78, 5) is 38.7. The second-order valence-electron chi connectivity index (χ2n) is 18.2. The lowest BCUT2D eigenvalue weighted by atomic mass is 9.42. The summed E-state index contributed by atoms with van der Waals surface area (Å²) < 4.78 is 0. The molecule has 0 heterocycles. The Hall–Kier alpha value is -1.98. The molecule has 2 N–H and O–H groups in total. The molecule has 0 spiro atoms. The van der Waals surface area contributed by atoms with Crippen LogP contribution in [0.25, 0.3) is 0 Å². The number of ketones is 2. The molecule has 5 fully saturated rings. The minimum Gasteiger partial charge on any atom is -0.481 e.